The lowest BCUT2D eigenvalue weighted by atomic mass is 10.2. The molecule has 0 aliphatic carbocycles. The quantitative estimate of drug-likeness (QED) is 0.707. The fraction of sp³-hybridized carbons (Fsp3) is 0.545. The van der Waals surface area contributed by atoms with E-state index in [4.69, 9.17) is 9.52 Å². The summed E-state index contributed by atoms with van der Waals surface area (Å²) in [5, 5.41) is 11.9. The Hall–Kier alpha value is -1.33. The smallest absolute Gasteiger partial charge is 0.374 e. The summed E-state index contributed by atoms with van der Waals surface area (Å²) < 4.78 is 9.63. The van der Waals surface area contributed by atoms with Gasteiger partial charge >= 0.3 is 5.97 Å². The molecule has 0 aromatic carbocycles. The van der Waals surface area contributed by atoms with Crippen molar-refractivity contribution in [3.8, 4) is 0 Å². The highest BCUT2D eigenvalue weighted by Crippen LogP contribution is 2.11. The van der Waals surface area contributed by atoms with Gasteiger partial charge in [-0.15, -0.1) is 0 Å². The zero-order chi connectivity index (χ0) is 12.0. The minimum atomic E-state index is -0.475. The summed E-state index contributed by atoms with van der Waals surface area (Å²) in [6.07, 6.45) is 2.13. The van der Waals surface area contributed by atoms with Gasteiger partial charge in [-0.25, -0.2) is 4.79 Å². The molecular formula is C11H17NO4. The number of carbonyl (C=O) groups is 1. The predicted octanol–water partition coefficient (Wildman–Crippen LogP) is 0.927. The van der Waals surface area contributed by atoms with Crippen molar-refractivity contribution < 1.29 is 19.1 Å². The third-order valence-corrected chi connectivity index (χ3v) is 2.32. The van der Waals surface area contributed by atoms with Crippen LogP contribution in [-0.4, -0.2) is 30.8 Å². The summed E-state index contributed by atoms with van der Waals surface area (Å²) >= 11 is 0. The highest BCUT2D eigenvalue weighted by Gasteiger charge is 2.15. The molecule has 2 N–H and O–H groups in total. The molecule has 0 aliphatic rings. The third kappa shape index (κ3) is 3.36. The Morgan fingerprint density at radius 1 is 1.69 bits per heavy atom. The third-order valence-electron chi connectivity index (χ3n) is 2.32. The fourth-order valence-corrected chi connectivity index (χ4v) is 1.33. The van der Waals surface area contributed by atoms with Gasteiger partial charge in [-0.2, -0.15) is 0 Å². The molecule has 1 rings (SSSR count). The Kier molecular flexibility index (Phi) is 5.01. The van der Waals surface area contributed by atoms with E-state index in [1.54, 1.807) is 6.07 Å². The first-order valence-corrected chi connectivity index (χ1v) is 5.18. The summed E-state index contributed by atoms with van der Waals surface area (Å²) in [6.45, 7) is 2.62. The highest BCUT2D eigenvalue weighted by molar-refractivity contribution is 5.87. The number of ether oxygens (including phenoxy) is 1. The Morgan fingerprint density at radius 3 is 3.06 bits per heavy atom. The number of hydrogen-bond donors (Lipinski definition) is 2. The molecule has 0 radical (unpaired) electrons. The number of rotatable bonds is 6. The van der Waals surface area contributed by atoms with Gasteiger partial charge in [-0.3, -0.25) is 0 Å². The number of hydrogen-bond acceptors (Lipinski definition) is 5. The van der Waals surface area contributed by atoms with Crippen molar-refractivity contribution in [3.63, 3.8) is 0 Å². The predicted molar refractivity (Wildman–Crippen MR) is 58.1 cm³/mol. The van der Waals surface area contributed by atoms with E-state index in [1.165, 1.54) is 13.4 Å². The molecule has 0 saturated heterocycles. The van der Waals surface area contributed by atoms with Crippen LogP contribution in [0.4, 0.5) is 0 Å². The molecule has 0 unspecified atom stereocenters. The zero-order valence-electron chi connectivity index (χ0n) is 9.53. The van der Waals surface area contributed by atoms with E-state index in [2.05, 4.69) is 10.1 Å². The van der Waals surface area contributed by atoms with Gasteiger partial charge < -0.3 is 19.6 Å². The van der Waals surface area contributed by atoms with Crippen LogP contribution in [0.5, 0.6) is 0 Å². The van der Waals surface area contributed by atoms with Crippen LogP contribution in [0.3, 0.4) is 0 Å². The van der Waals surface area contributed by atoms with Gasteiger partial charge in [-0.05, 0) is 19.4 Å². The monoisotopic (exact) mass is 227 g/mol. The van der Waals surface area contributed by atoms with Crippen LogP contribution < -0.4 is 5.32 Å². The van der Waals surface area contributed by atoms with Crippen LogP contribution in [0.1, 0.15) is 29.5 Å². The first kappa shape index (κ1) is 12.7. The molecule has 0 amide bonds. The van der Waals surface area contributed by atoms with E-state index in [0.717, 1.165) is 5.56 Å². The molecule has 0 bridgehead atoms. The largest absolute Gasteiger partial charge is 0.463 e. The van der Waals surface area contributed by atoms with Gasteiger partial charge in [0.1, 0.15) is 0 Å². The van der Waals surface area contributed by atoms with E-state index in [-0.39, 0.29) is 18.4 Å². The standard InChI is InChI=1S/C11H17NO4/c1-8(3-5-13)12-7-9-4-6-16-10(9)11(14)15-2/h4,6,8,12-13H,3,5,7H2,1-2H3/t8-/m1/s1. The molecule has 1 aromatic rings. The maximum absolute atomic E-state index is 11.3. The van der Waals surface area contributed by atoms with Crippen LogP contribution in [0, 0.1) is 0 Å². The Bertz CT molecular complexity index is 334. The highest BCUT2D eigenvalue weighted by atomic mass is 16.5. The maximum atomic E-state index is 11.3. The van der Waals surface area contributed by atoms with E-state index >= 15 is 0 Å². The number of esters is 1. The number of nitrogens with one attached hydrogen (secondary N) is 1. The number of methoxy groups -OCH3 is 1. The normalized spacial score (nSPS) is 12.4. The van der Waals surface area contributed by atoms with Crippen molar-refractivity contribution in [2.75, 3.05) is 13.7 Å². The number of aliphatic hydroxyl groups is 1. The van der Waals surface area contributed by atoms with Gasteiger partial charge in [-0.1, -0.05) is 0 Å². The lowest BCUT2D eigenvalue weighted by molar-refractivity contribution is 0.0563. The summed E-state index contributed by atoms with van der Waals surface area (Å²) in [6, 6.07) is 1.91. The number of carbonyl (C=O) groups excluding carboxylic acids is 1. The topological polar surface area (TPSA) is 71.7 Å². The minimum absolute atomic E-state index is 0.142. The molecule has 0 aliphatic heterocycles. The van der Waals surface area contributed by atoms with Crippen LogP contribution in [-0.2, 0) is 11.3 Å². The van der Waals surface area contributed by atoms with Crippen molar-refractivity contribution in [2.45, 2.75) is 25.9 Å². The molecular weight excluding hydrogens is 210 g/mol. The Balaban J connectivity index is 2.54. The molecule has 16 heavy (non-hydrogen) atoms. The second-order valence-electron chi connectivity index (χ2n) is 3.56. The molecule has 5 nitrogen and oxygen atoms in total. The van der Waals surface area contributed by atoms with E-state index in [1.807, 2.05) is 6.92 Å². The molecule has 0 fully saturated rings. The second kappa shape index (κ2) is 6.30. The Morgan fingerprint density at radius 2 is 2.44 bits per heavy atom. The fourth-order valence-electron chi connectivity index (χ4n) is 1.33. The molecule has 0 saturated carbocycles. The maximum Gasteiger partial charge on any atom is 0.374 e. The zero-order valence-corrected chi connectivity index (χ0v) is 9.53. The van der Waals surface area contributed by atoms with Gasteiger partial charge in [0.2, 0.25) is 5.76 Å². The summed E-state index contributed by atoms with van der Waals surface area (Å²) in [5.41, 5.74) is 0.761. The van der Waals surface area contributed by atoms with E-state index < -0.39 is 5.97 Å². The molecule has 1 heterocycles. The molecule has 1 aromatic heterocycles. The first-order chi connectivity index (χ1) is 7.69. The molecule has 90 valence electrons. The van der Waals surface area contributed by atoms with E-state index in [9.17, 15) is 4.79 Å². The van der Waals surface area contributed by atoms with Crippen molar-refractivity contribution in [2.24, 2.45) is 0 Å². The van der Waals surface area contributed by atoms with Gasteiger partial charge in [0.25, 0.3) is 0 Å². The SMILES string of the molecule is COC(=O)c1occc1CN[C@H](C)CCO. The van der Waals surface area contributed by atoms with Gasteiger partial charge in [0, 0.05) is 24.8 Å². The minimum Gasteiger partial charge on any atom is -0.463 e. The second-order valence-corrected chi connectivity index (χ2v) is 3.56. The Labute approximate surface area is 94.4 Å². The molecule has 1 atom stereocenters. The van der Waals surface area contributed by atoms with Crippen molar-refractivity contribution in [3.05, 3.63) is 23.7 Å². The average Bonchev–Trinajstić information content (AvgIpc) is 2.74. The molecule has 0 spiro atoms. The van der Waals surface area contributed by atoms with Crippen LogP contribution in [0.25, 0.3) is 0 Å². The first-order valence-electron chi connectivity index (χ1n) is 5.18. The van der Waals surface area contributed by atoms with Crippen molar-refractivity contribution in [1.82, 2.24) is 5.32 Å². The van der Waals surface area contributed by atoms with Gasteiger partial charge in [0.15, 0.2) is 0 Å². The van der Waals surface area contributed by atoms with Crippen LogP contribution >= 0.6 is 0 Å². The van der Waals surface area contributed by atoms with Crippen LogP contribution in [0.2, 0.25) is 0 Å². The average molecular weight is 227 g/mol. The van der Waals surface area contributed by atoms with Crippen molar-refractivity contribution >= 4 is 5.97 Å². The summed E-state index contributed by atoms with van der Waals surface area (Å²) in [7, 11) is 1.32. The summed E-state index contributed by atoms with van der Waals surface area (Å²) in [4.78, 5) is 11.3. The molecule has 5 heteroatoms. The van der Waals surface area contributed by atoms with Crippen molar-refractivity contribution in [1.29, 1.82) is 0 Å². The van der Waals surface area contributed by atoms with E-state index in [0.29, 0.717) is 13.0 Å². The number of aliphatic hydroxyl groups excluding tert-OH is 1. The lowest BCUT2D eigenvalue weighted by Gasteiger charge is -2.11. The van der Waals surface area contributed by atoms with Gasteiger partial charge in [0.05, 0.1) is 13.4 Å². The summed E-state index contributed by atoms with van der Waals surface area (Å²) in [5.74, 6) is -0.247. The number of furan rings is 1. The lowest BCUT2D eigenvalue weighted by Crippen LogP contribution is -2.26. The van der Waals surface area contributed by atoms with Crippen LogP contribution in [0.15, 0.2) is 16.7 Å².